The fourth-order valence-corrected chi connectivity index (χ4v) is 3.57. The lowest BCUT2D eigenvalue weighted by Gasteiger charge is -2.42. The minimum absolute atomic E-state index is 0.221. The lowest BCUT2D eigenvalue weighted by atomic mass is 10.1. The maximum atomic E-state index is 13.2. The largest absolute Gasteiger partial charge is 0.351 e. The van der Waals surface area contributed by atoms with E-state index in [1.165, 1.54) is 34.2 Å². The zero-order chi connectivity index (χ0) is 21.7. The van der Waals surface area contributed by atoms with Gasteiger partial charge < -0.3 is 20.9 Å². The summed E-state index contributed by atoms with van der Waals surface area (Å²) >= 11 is 12.0. The van der Waals surface area contributed by atoms with E-state index in [1.807, 2.05) is 0 Å². The zero-order valence-corrected chi connectivity index (χ0v) is 17.6. The second-order valence-electron chi connectivity index (χ2n) is 6.67. The molecule has 3 amide bonds. The van der Waals surface area contributed by atoms with Crippen LogP contribution in [0.1, 0.15) is 27.1 Å². The van der Waals surface area contributed by atoms with Crippen molar-refractivity contribution in [1.29, 1.82) is 0 Å². The van der Waals surface area contributed by atoms with Crippen molar-refractivity contribution in [3.63, 3.8) is 0 Å². The Kier molecular flexibility index (Phi) is 7.25. The molecule has 0 saturated carbocycles. The minimum atomic E-state index is -1.13. The molecule has 1 aromatic carbocycles. The van der Waals surface area contributed by atoms with Crippen molar-refractivity contribution in [2.45, 2.75) is 12.6 Å². The number of halogens is 2. The van der Waals surface area contributed by atoms with Crippen molar-refractivity contribution in [2.75, 3.05) is 26.2 Å². The molecule has 3 rings (SSSR count). The zero-order valence-electron chi connectivity index (χ0n) is 16.1. The third-order valence-electron chi connectivity index (χ3n) is 4.66. The highest BCUT2D eigenvalue weighted by molar-refractivity contribution is 6.42. The van der Waals surface area contributed by atoms with Gasteiger partial charge in [-0.15, -0.1) is 0 Å². The summed E-state index contributed by atoms with van der Waals surface area (Å²) in [5.41, 5.74) is 6.10. The van der Waals surface area contributed by atoms with Crippen molar-refractivity contribution >= 4 is 40.9 Å². The molecule has 158 valence electrons. The van der Waals surface area contributed by atoms with Gasteiger partial charge in [-0.3, -0.25) is 19.4 Å². The van der Waals surface area contributed by atoms with Gasteiger partial charge >= 0.3 is 0 Å². The average molecular weight is 450 g/mol. The molecule has 1 atom stereocenters. The van der Waals surface area contributed by atoms with Gasteiger partial charge in [0.05, 0.1) is 15.6 Å². The van der Waals surface area contributed by atoms with E-state index < -0.39 is 18.0 Å². The number of benzene rings is 1. The van der Waals surface area contributed by atoms with Crippen molar-refractivity contribution in [1.82, 2.24) is 20.1 Å². The van der Waals surface area contributed by atoms with Crippen LogP contribution in [0.2, 0.25) is 10.0 Å². The van der Waals surface area contributed by atoms with E-state index in [-0.39, 0.29) is 29.6 Å². The molecule has 30 heavy (non-hydrogen) atoms. The van der Waals surface area contributed by atoms with Gasteiger partial charge in [0.25, 0.3) is 17.7 Å². The molecule has 10 heteroatoms. The first-order chi connectivity index (χ1) is 14.4. The highest BCUT2D eigenvalue weighted by Crippen LogP contribution is 2.25. The molecule has 0 aliphatic carbocycles. The Hall–Kier alpha value is -2.68. The van der Waals surface area contributed by atoms with E-state index >= 15 is 0 Å². The number of carbonyl (C=O) groups excluding carboxylic acids is 3. The second kappa shape index (κ2) is 9.88. The van der Waals surface area contributed by atoms with Gasteiger partial charge in [-0.05, 0) is 36.8 Å². The molecule has 0 bridgehead atoms. The maximum Gasteiger partial charge on any atom is 0.263 e. The van der Waals surface area contributed by atoms with Gasteiger partial charge in [-0.25, -0.2) is 0 Å². The van der Waals surface area contributed by atoms with Crippen LogP contribution in [0.5, 0.6) is 0 Å². The number of nitrogens with two attached hydrogens (primary N) is 1. The van der Waals surface area contributed by atoms with Crippen LogP contribution in [0.4, 0.5) is 0 Å². The summed E-state index contributed by atoms with van der Waals surface area (Å²) in [4.78, 5) is 46.0. The van der Waals surface area contributed by atoms with E-state index in [0.717, 1.165) is 0 Å². The third kappa shape index (κ3) is 4.72. The monoisotopic (exact) mass is 449 g/mol. The number of pyridine rings is 1. The van der Waals surface area contributed by atoms with Gasteiger partial charge in [-0.2, -0.15) is 0 Å². The summed E-state index contributed by atoms with van der Waals surface area (Å²) < 4.78 is 0. The molecular formula is C20H21Cl2N5O3. The number of nitrogens with zero attached hydrogens (tertiary/aromatic N) is 3. The van der Waals surface area contributed by atoms with Crippen LogP contribution < -0.4 is 11.1 Å². The van der Waals surface area contributed by atoms with Crippen LogP contribution in [-0.2, 0) is 4.79 Å². The molecule has 1 unspecified atom stereocenters. The first kappa shape index (κ1) is 22.0. The van der Waals surface area contributed by atoms with Gasteiger partial charge in [-0.1, -0.05) is 23.2 Å². The topological polar surface area (TPSA) is 109 Å². The number of carbonyl (C=O) groups is 3. The average Bonchev–Trinajstić information content (AvgIpc) is 2.78. The Morgan fingerprint density at radius 1 is 1.07 bits per heavy atom. The highest BCUT2D eigenvalue weighted by atomic mass is 35.5. The molecular weight excluding hydrogens is 429 g/mol. The van der Waals surface area contributed by atoms with Gasteiger partial charge in [0.1, 0.15) is 0 Å². The summed E-state index contributed by atoms with van der Waals surface area (Å²) in [7, 11) is 0. The maximum absolute atomic E-state index is 13.2. The van der Waals surface area contributed by atoms with Crippen LogP contribution in [-0.4, -0.2) is 64.9 Å². The Bertz CT molecular complexity index is 941. The second-order valence-corrected chi connectivity index (χ2v) is 7.49. The molecule has 0 spiro atoms. The van der Waals surface area contributed by atoms with E-state index in [0.29, 0.717) is 30.1 Å². The van der Waals surface area contributed by atoms with Gasteiger partial charge in [0.2, 0.25) is 0 Å². The summed E-state index contributed by atoms with van der Waals surface area (Å²) in [5, 5.41) is 3.23. The molecule has 8 nitrogen and oxygen atoms in total. The minimum Gasteiger partial charge on any atom is -0.351 e. The van der Waals surface area contributed by atoms with E-state index in [2.05, 4.69) is 10.3 Å². The summed E-state index contributed by atoms with van der Waals surface area (Å²) in [6.45, 7) is 1.07. The number of hydrogen-bond acceptors (Lipinski definition) is 5. The van der Waals surface area contributed by atoms with E-state index in [4.69, 9.17) is 28.9 Å². The fraction of sp³-hybridized carbons (Fsp3) is 0.300. The smallest absolute Gasteiger partial charge is 0.263 e. The number of aromatic nitrogens is 1. The Morgan fingerprint density at radius 2 is 1.77 bits per heavy atom. The summed E-state index contributed by atoms with van der Waals surface area (Å²) in [6.07, 6.45) is 2.37. The quantitative estimate of drug-likeness (QED) is 0.722. The highest BCUT2D eigenvalue weighted by Gasteiger charge is 2.40. The Labute approximate surface area is 183 Å². The van der Waals surface area contributed by atoms with E-state index in [9.17, 15) is 14.4 Å². The third-order valence-corrected chi connectivity index (χ3v) is 5.40. The molecule has 1 fully saturated rings. The first-order valence-corrected chi connectivity index (χ1v) is 10.1. The van der Waals surface area contributed by atoms with Gasteiger partial charge in [0.15, 0.2) is 6.17 Å². The molecule has 1 saturated heterocycles. The number of amides is 3. The Balaban J connectivity index is 1.95. The van der Waals surface area contributed by atoms with Gasteiger partial charge in [0, 0.05) is 44.1 Å². The van der Waals surface area contributed by atoms with Crippen molar-refractivity contribution in [3.05, 3.63) is 63.9 Å². The normalized spacial score (nSPS) is 16.3. The lowest BCUT2D eigenvalue weighted by Crippen LogP contribution is -2.63. The van der Waals surface area contributed by atoms with Crippen LogP contribution in [0.3, 0.4) is 0 Å². The SMILES string of the molecule is NCCNC(=O)C1N(C(=O)c2cccnc2)CCCN1C(=O)c1ccc(Cl)c(Cl)c1. The van der Waals surface area contributed by atoms with Crippen molar-refractivity contribution in [3.8, 4) is 0 Å². The lowest BCUT2D eigenvalue weighted by molar-refractivity contribution is -0.132. The molecule has 2 aromatic rings. The summed E-state index contributed by atoms with van der Waals surface area (Å²) in [5.74, 6) is -1.29. The van der Waals surface area contributed by atoms with Crippen LogP contribution in [0.15, 0.2) is 42.7 Å². The molecule has 1 aliphatic heterocycles. The number of hydrogen-bond donors (Lipinski definition) is 2. The first-order valence-electron chi connectivity index (χ1n) is 9.39. The molecule has 3 N–H and O–H groups in total. The van der Waals surface area contributed by atoms with Crippen LogP contribution in [0, 0.1) is 0 Å². The molecule has 1 aromatic heterocycles. The number of nitrogens with one attached hydrogen (secondary N) is 1. The summed E-state index contributed by atoms with van der Waals surface area (Å²) in [6, 6.07) is 7.75. The van der Waals surface area contributed by atoms with Crippen LogP contribution >= 0.6 is 23.2 Å². The van der Waals surface area contributed by atoms with Crippen LogP contribution in [0.25, 0.3) is 0 Å². The predicted octanol–water partition coefficient (Wildman–Crippen LogP) is 1.78. The Morgan fingerprint density at radius 3 is 2.37 bits per heavy atom. The molecule has 2 heterocycles. The number of rotatable bonds is 5. The molecule has 1 aliphatic rings. The molecule has 0 radical (unpaired) electrons. The predicted molar refractivity (Wildman–Crippen MR) is 113 cm³/mol. The fourth-order valence-electron chi connectivity index (χ4n) is 3.27. The van der Waals surface area contributed by atoms with E-state index in [1.54, 1.807) is 18.3 Å². The van der Waals surface area contributed by atoms with Crippen molar-refractivity contribution in [2.24, 2.45) is 5.73 Å². The standard InChI is InChI=1S/C20H21Cl2N5O3/c21-15-5-4-13(11-16(15)22)19(29)26-9-2-10-27(18(26)17(28)25-8-6-23)20(30)14-3-1-7-24-12-14/h1,3-5,7,11-12,18H,2,6,8-10,23H2,(H,25,28). The van der Waals surface area contributed by atoms with Crippen molar-refractivity contribution < 1.29 is 14.4 Å².